The first kappa shape index (κ1) is 8.80. The second-order valence-electron chi connectivity index (χ2n) is 2.14. The molecule has 0 saturated heterocycles. The molecule has 0 aromatic heterocycles. The maximum Gasteiger partial charge on any atom is 0.194 e. The lowest BCUT2D eigenvalue weighted by Crippen LogP contribution is -1.99. The number of para-hydroxylation sites is 1. The van der Waals surface area contributed by atoms with Gasteiger partial charge in [0, 0.05) is 7.11 Å². The molecule has 1 N–H and O–H groups in total. The SMILES string of the molecule is COCOc1cccc(F)c1O. The molecule has 4 heteroatoms. The fourth-order valence-electron chi connectivity index (χ4n) is 0.734. The third kappa shape index (κ3) is 1.85. The normalized spacial score (nSPS) is 9.83. The standard InChI is InChI=1S/C8H9FO3/c1-11-5-12-7-4-2-3-6(9)8(7)10/h2-4,10H,5H2,1H3. The van der Waals surface area contributed by atoms with Crippen LogP contribution >= 0.6 is 0 Å². The molecule has 0 atom stereocenters. The lowest BCUT2D eigenvalue weighted by atomic mass is 10.3. The van der Waals surface area contributed by atoms with Gasteiger partial charge in [-0.05, 0) is 12.1 Å². The number of phenols is 1. The number of benzene rings is 1. The maximum atomic E-state index is 12.6. The molecular weight excluding hydrogens is 163 g/mol. The number of hydrogen-bond acceptors (Lipinski definition) is 3. The topological polar surface area (TPSA) is 38.7 Å². The molecule has 12 heavy (non-hydrogen) atoms. The van der Waals surface area contributed by atoms with Crippen molar-refractivity contribution in [3.63, 3.8) is 0 Å². The highest BCUT2D eigenvalue weighted by Crippen LogP contribution is 2.27. The average Bonchev–Trinajstić information content (AvgIpc) is 2.08. The highest BCUT2D eigenvalue weighted by molar-refractivity contribution is 5.39. The Balaban J connectivity index is 2.78. The van der Waals surface area contributed by atoms with Gasteiger partial charge in [0.2, 0.25) is 0 Å². The summed E-state index contributed by atoms with van der Waals surface area (Å²) in [5.41, 5.74) is 0. The van der Waals surface area contributed by atoms with Crippen LogP contribution in [0.5, 0.6) is 11.5 Å². The fourth-order valence-corrected chi connectivity index (χ4v) is 0.734. The Bertz CT molecular complexity index is 262. The minimum absolute atomic E-state index is 0.0169. The molecule has 0 radical (unpaired) electrons. The van der Waals surface area contributed by atoms with E-state index in [4.69, 9.17) is 9.84 Å². The molecule has 3 nitrogen and oxygen atoms in total. The summed E-state index contributed by atoms with van der Waals surface area (Å²) in [6, 6.07) is 4.05. The van der Waals surface area contributed by atoms with Crippen molar-refractivity contribution in [3.05, 3.63) is 24.0 Å². The summed E-state index contributed by atoms with van der Waals surface area (Å²) in [6.07, 6.45) is 0. The van der Waals surface area contributed by atoms with Crippen LogP contribution in [0, 0.1) is 5.82 Å². The summed E-state index contributed by atoms with van der Waals surface area (Å²) < 4.78 is 22.1. The Kier molecular flexibility index (Phi) is 2.88. The van der Waals surface area contributed by atoms with E-state index in [1.165, 1.54) is 19.2 Å². The van der Waals surface area contributed by atoms with E-state index in [2.05, 4.69) is 4.74 Å². The highest BCUT2D eigenvalue weighted by atomic mass is 19.1. The summed E-state index contributed by atoms with van der Waals surface area (Å²) >= 11 is 0. The summed E-state index contributed by atoms with van der Waals surface area (Å²) in [6.45, 7) is -0.0169. The van der Waals surface area contributed by atoms with Crippen LogP contribution in [0.1, 0.15) is 0 Å². The zero-order chi connectivity index (χ0) is 8.97. The molecule has 0 aliphatic rings. The van der Waals surface area contributed by atoms with E-state index >= 15 is 0 Å². The second kappa shape index (κ2) is 3.92. The van der Waals surface area contributed by atoms with E-state index in [9.17, 15) is 4.39 Å². The van der Waals surface area contributed by atoms with E-state index < -0.39 is 11.6 Å². The van der Waals surface area contributed by atoms with Crippen molar-refractivity contribution in [1.82, 2.24) is 0 Å². The molecule has 0 saturated carbocycles. The molecule has 0 aliphatic heterocycles. The Morgan fingerprint density at radius 1 is 1.50 bits per heavy atom. The molecular formula is C8H9FO3. The van der Waals surface area contributed by atoms with Crippen molar-refractivity contribution in [2.45, 2.75) is 0 Å². The molecule has 0 spiro atoms. The van der Waals surface area contributed by atoms with Gasteiger partial charge in [0.25, 0.3) is 0 Å². The van der Waals surface area contributed by atoms with Gasteiger partial charge in [0.05, 0.1) is 0 Å². The third-order valence-electron chi connectivity index (χ3n) is 1.28. The number of aromatic hydroxyl groups is 1. The van der Waals surface area contributed by atoms with Gasteiger partial charge in [-0.2, -0.15) is 0 Å². The molecule has 0 amide bonds. The number of halogens is 1. The van der Waals surface area contributed by atoms with Crippen LogP contribution in [0.25, 0.3) is 0 Å². The Morgan fingerprint density at radius 3 is 2.92 bits per heavy atom. The monoisotopic (exact) mass is 172 g/mol. The molecule has 66 valence electrons. The van der Waals surface area contributed by atoms with E-state index in [-0.39, 0.29) is 12.5 Å². The maximum absolute atomic E-state index is 12.6. The van der Waals surface area contributed by atoms with Crippen LogP contribution in [-0.2, 0) is 4.74 Å². The number of rotatable bonds is 3. The minimum atomic E-state index is -0.705. The van der Waals surface area contributed by atoms with Gasteiger partial charge in [0.15, 0.2) is 24.1 Å². The third-order valence-corrected chi connectivity index (χ3v) is 1.28. The smallest absolute Gasteiger partial charge is 0.194 e. The van der Waals surface area contributed by atoms with Gasteiger partial charge in [-0.15, -0.1) is 0 Å². The van der Waals surface area contributed by atoms with Gasteiger partial charge in [-0.1, -0.05) is 6.07 Å². The van der Waals surface area contributed by atoms with Crippen molar-refractivity contribution in [1.29, 1.82) is 0 Å². The van der Waals surface area contributed by atoms with Gasteiger partial charge in [-0.3, -0.25) is 0 Å². The number of hydrogen-bond donors (Lipinski definition) is 1. The molecule has 0 aliphatic carbocycles. The first-order chi connectivity index (χ1) is 5.75. The van der Waals surface area contributed by atoms with Crippen LogP contribution in [0.3, 0.4) is 0 Å². The zero-order valence-electron chi connectivity index (χ0n) is 6.58. The average molecular weight is 172 g/mol. The molecule has 0 heterocycles. The molecule has 1 rings (SSSR count). The van der Waals surface area contributed by atoms with E-state index in [0.29, 0.717) is 0 Å². The van der Waals surface area contributed by atoms with Gasteiger partial charge in [0.1, 0.15) is 0 Å². The summed E-state index contributed by atoms with van der Waals surface area (Å²) in [4.78, 5) is 0. The molecule has 0 fully saturated rings. The van der Waals surface area contributed by atoms with E-state index in [1.54, 1.807) is 0 Å². The predicted octanol–water partition coefficient (Wildman–Crippen LogP) is 1.51. The van der Waals surface area contributed by atoms with Crippen molar-refractivity contribution in [2.75, 3.05) is 13.9 Å². The first-order valence-electron chi connectivity index (χ1n) is 3.35. The molecule has 0 unspecified atom stereocenters. The number of phenolic OH excluding ortho intramolecular Hbond substituents is 1. The van der Waals surface area contributed by atoms with Gasteiger partial charge < -0.3 is 14.6 Å². The van der Waals surface area contributed by atoms with E-state index in [1.807, 2.05) is 0 Å². The molecule has 1 aromatic carbocycles. The van der Waals surface area contributed by atoms with Crippen LogP contribution in [-0.4, -0.2) is 19.0 Å². The highest BCUT2D eigenvalue weighted by Gasteiger charge is 2.06. The lowest BCUT2D eigenvalue weighted by Gasteiger charge is -2.05. The van der Waals surface area contributed by atoms with Crippen molar-refractivity contribution in [3.8, 4) is 11.5 Å². The van der Waals surface area contributed by atoms with Crippen molar-refractivity contribution >= 4 is 0 Å². The first-order valence-corrected chi connectivity index (χ1v) is 3.35. The summed E-state index contributed by atoms with van der Waals surface area (Å²) in [5, 5.41) is 9.07. The lowest BCUT2D eigenvalue weighted by molar-refractivity contribution is 0.0488. The number of methoxy groups -OCH3 is 1. The van der Waals surface area contributed by atoms with Crippen LogP contribution in [0.15, 0.2) is 18.2 Å². The largest absolute Gasteiger partial charge is 0.502 e. The van der Waals surface area contributed by atoms with Crippen LogP contribution in [0.4, 0.5) is 4.39 Å². The number of ether oxygens (including phenoxy) is 2. The zero-order valence-corrected chi connectivity index (χ0v) is 6.58. The van der Waals surface area contributed by atoms with Crippen LogP contribution in [0.2, 0.25) is 0 Å². The van der Waals surface area contributed by atoms with E-state index in [0.717, 1.165) is 6.07 Å². The molecule has 1 aromatic rings. The quantitative estimate of drug-likeness (QED) is 0.702. The minimum Gasteiger partial charge on any atom is -0.502 e. The Labute approximate surface area is 69.3 Å². The summed E-state index contributed by atoms with van der Waals surface area (Å²) in [7, 11) is 1.44. The summed E-state index contributed by atoms with van der Waals surface area (Å²) in [5.74, 6) is -1.12. The van der Waals surface area contributed by atoms with Crippen molar-refractivity contribution in [2.24, 2.45) is 0 Å². The van der Waals surface area contributed by atoms with Gasteiger partial charge in [-0.25, -0.2) is 4.39 Å². The Morgan fingerprint density at radius 2 is 2.25 bits per heavy atom. The predicted molar refractivity (Wildman–Crippen MR) is 40.6 cm³/mol. The van der Waals surface area contributed by atoms with Crippen LogP contribution < -0.4 is 4.74 Å². The molecule has 0 bridgehead atoms. The second-order valence-corrected chi connectivity index (χ2v) is 2.14. The van der Waals surface area contributed by atoms with Gasteiger partial charge >= 0.3 is 0 Å². The van der Waals surface area contributed by atoms with Crippen molar-refractivity contribution < 1.29 is 19.0 Å². The Hall–Kier alpha value is -1.29. The fraction of sp³-hybridized carbons (Fsp3) is 0.250.